The van der Waals surface area contributed by atoms with Crippen molar-refractivity contribution < 1.29 is 19.4 Å². The molecule has 6 nitrogen and oxygen atoms in total. The van der Waals surface area contributed by atoms with Crippen molar-refractivity contribution in [2.24, 2.45) is 0 Å². The molecule has 0 aromatic heterocycles. The molecule has 0 heterocycles. The zero-order valence-electron chi connectivity index (χ0n) is 14.9. The van der Waals surface area contributed by atoms with Crippen molar-refractivity contribution in [2.75, 3.05) is 17.2 Å². The number of carboxylic acids is 1. The van der Waals surface area contributed by atoms with E-state index in [1.165, 1.54) is 12.1 Å². The molecular weight excluding hydrogens is 391 g/mol. The van der Waals surface area contributed by atoms with Crippen LogP contribution >= 0.6 is 23.2 Å². The van der Waals surface area contributed by atoms with Crippen LogP contribution in [0.4, 0.5) is 11.4 Å². The number of carboxylic acid groups (broad SMARTS) is 1. The summed E-state index contributed by atoms with van der Waals surface area (Å²) >= 11 is 12.4. The fourth-order valence-corrected chi connectivity index (χ4v) is 3.12. The Hall–Kier alpha value is -2.44. The first-order valence-corrected chi connectivity index (χ1v) is 9.02. The fraction of sp³-hybridized carbons (Fsp3) is 0.263. The second-order valence-electron chi connectivity index (χ2n) is 5.91. The summed E-state index contributed by atoms with van der Waals surface area (Å²) in [6.45, 7) is 5.11. The molecule has 1 amide bonds. The molecule has 144 valence electrons. The van der Waals surface area contributed by atoms with Gasteiger partial charge in [0.05, 0.1) is 10.0 Å². The number of aliphatic carboxylic acids is 1. The van der Waals surface area contributed by atoms with Crippen molar-refractivity contribution in [1.82, 2.24) is 0 Å². The monoisotopic (exact) mass is 410 g/mol. The van der Waals surface area contributed by atoms with E-state index in [0.717, 1.165) is 23.4 Å². The zero-order chi connectivity index (χ0) is 20.0. The Bertz CT molecular complexity index is 833. The van der Waals surface area contributed by atoms with Gasteiger partial charge in [0.1, 0.15) is 13.0 Å². The van der Waals surface area contributed by atoms with Crippen LogP contribution in [0.15, 0.2) is 30.3 Å². The van der Waals surface area contributed by atoms with E-state index in [2.05, 4.69) is 10.6 Å². The molecule has 0 radical (unpaired) electrons. The standard InChI is InChI=1S/C19H20Cl2N2O4/c1-3-22-13-5-11(2)4-12(6-13)10-27-19-15(20)7-14(8-16(19)21)23-17(24)9-18(25)26/h4-8,22H,3,9-10H2,1-2H3,(H,23,24)(H,25,26). The van der Waals surface area contributed by atoms with E-state index in [9.17, 15) is 9.59 Å². The third-order valence-electron chi connectivity index (χ3n) is 3.50. The van der Waals surface area contributed by atoms with Crippen LogP contribution in [-0.2, 0) is 16.2 Å². The molecule has 0 saturated heterocycles. The van der Waals surface area contributed by atoms with Gasteiger partial charge in [0.15, 0.2) is 5.75 Å². The molecule has 2 rings (SSSR count). The molecule has 3 N–H and O–H groups in total. The Balaban J connectivity index is 2.11. The van der Waals surface area contributed by atoms with E-state index >= 15 is 0 Å². The molecule has 0 saturated carbocycles. The fourth-order valence-electron chi connectivity index (χ4n) is 2.52. The molecule has 0 atom stereocenters. The number of hydrogen-bond acceptors (Lipinski definition) is 4. The quantitative estimate of drug-likeness (QED) is 0.547. The second-order valence-corrected chi connectivity index (χ2v) is 6.73. The summed E-state index contributed by atoms with van der Waals surface area (Å²) in [5.41, 5.74) is 3.36. The van der Waals surface area contributed by atoms with Crippen molar-refractivity contribution in [3.8, 4) is 5.75 Å². The van der Waals surface area contributed by atoms with Crippen LogP contribution in [0.1, 0.15) is 24.5 Å². The van der Waals surface area contributed by atoms with E-state index in [-0.39, 0.29) is 16.7 Å². The molecule has 0 aliphatic heterocycles. The van der Waals surface area contributed by atoms with Crippen LogP contribution in [0.25, 0.3) is 0 Å². The Labute approximate surface area is 167 Å². The highest BCUT2D eigenvalue weighted by atomic mass is 35.5. The summed E-state index contributed by atoms with van der Waals surface area (Å²) in [5, 5.41) is 14.8. The number of rotatable bonds is 8. The molecule has 8 heteroatoms. The number of amides is 1. The number of carbonyl (C=O) groups is 2. The Morgan fingerprint density at radius 2 is 1.74 bits per heavy atom. The van der Waals surface area contributed by atoms with E-state index in [4.69, 9.17) is 33.0 Å². The van der Waals surface area contributed by atoms with Gasteiger partial charge in [-0.25, -0.2) is 0 Å². The van der Waals surface area contributed by atoms with Crippen molar-refractivity contribution in [2.45, 2.75) is 26.9 Å². The molecule has 0 spiro atoms. The van der Waals surface area contributed by atoms with Gasteiger partial charge < -0.3 is 20.5 Å². The lowest BCUT2D eigenvalue weighted by molar-refractivity contribution is -0.139. The van der Waals surface area contributed by atoms with Crippen LogP contribution in [0.2, 0.25) is 10.0 Å². The molecule has 0 aliphatic carbocycles. The summed E-state index contributed by atoms with van der Waals surface area (Å²) in [6.07, 6.45) is -0.644. The van der Waals surface area contributed by atoms with Gasteiger partial charge in [-0.1, -0.05) is 29.3 Å². The Kier molecular flexibility index (Phi) is 7.33. The first kappa shape index (κ1) is 20.9. The summed E-state index contributed by atoms with van der Waals surface area (Å²) in [4.78, 5) is 22.1. The van der Waals surface area contributed by atoms with Crippen LogP contribution in [0.3, 0.4) is 0 Å². The number of hydrogen-bond donors (Lipinski definition) is 3. The lowest BCUT2D eigenvalue weighted by atomic mass is 10.1. The molecule has 27 heavy (non-hydrogen) atoms. The first-order valence-electron chi connectivity index (χ1n) is 8.26. The van der Waals surface area contributed by atoms with E-state index in [1.807, 2.05) is 32.0 Å². The second kappa shape index (κ2) is 9.48. The Morgan fingerprint density at radius 1 is 1.07 bits per heavy atom. The Morgan fingerprint density at radius 3 is 2.33 bits per heavy atom. The van der Waals surface area contributed by atoms with E-state index in [1.54, 1.807) is 0 Å². The minimum Gasteiger partial charge on any atom is -0.486 e. The number of aryl methyl sites for hydroxylation is 1. The van der Waals surface area contributed by atoms with Gasteiger partial charge in [-0.2, -0.15) is 0 Å². The summed E-state index contributed by atoms with van der Waals surface area (Å²) in [7, 11) is 0. The maximum absolute atomic E-state index is 11.5. The summed E-state index contributed by atoms with van der Waals surface area (Å²) in [6, 6.07) is 8.95. The van der Waals surface area contributed by atoms with Gasteiger partial charge in [-0.3, -0.25) is 9.59 Å². The molecule has 2 aromatic carbocycles. The average molecular weight is 411 g/mol. The average Bonchev–Trinajstić information content (AvgIpc) is 2.52. The molecule has 0 bridgehead atoms. The van der Waals surface area contributed by atoms with Crippen molar-refractivity contribution in [3.05, 3.63) is 51.5 Å². The molecule has 0 unspecified atom stereocenters. The van der Waals surface area contributed by atoms with Gasteiger partial charge in [0, 0.05) is 17.9 Å². The number of benzene rings is 2. The van der Waals surface area contributed by atoms with Gasteiger partial charge in [-0.15, -0.1) is 0 Å². The topological polar surface area (TPSA) is 87.7 Å². The maximum Gasteiger partial charge on any atom is 0.312 e. The van der Waals surface area contributed by atoms with Crippen LogP contribution in [0.5, 0.6) is 5.75 Å². The van der Waals surface area contributed by atoms with Gasteiger partial charge in [0.2, 0.25) is 5.91 Å². The lowest BCUT2D eigenvalue weighted by Gasteiger charge is -2.14. The highest BCUT2D eigenvalue weighted by molar-refractivity contribution is 6.37. The maximum atomic E-state index is 11.5. The van der Waals surface area contributed by atoms with E-state index < -0.39 is 18.3 Å². The highest BCUT2D eigenvalue weighted by Gasteiger charge is 2.13. The van der Waals surface area contributed by atoms with Crippen molar-refractivity contribution >= 4 is 46.5 Å². The highest BCUT2D eigenvalue weighted by Crippen LogP contribution is 2.36. The van der Waals surface area contributed by atoms with Gasteiger partial charge in [-0.05, 0) is 49.2 Å². The number of carbonyl (C=O) groups excluding carboxylic acids is 1. The molecular formula is C19H20Cl2N2O4. The number of anilines is 2. The SMILES string of the molecule is CCNc1cc(C)cc(COc2c(Cl)cc(NC(=O)CC(=O)O)cc2Cl)c1. The number of halogens is 2. The van der Waals surface area contributed by atoms with Gasteiger partial charge >= 0.3 is 5.97 Å². The smallest absolute Gasteiger partial charge is 0.312 e. The third-order valence-corrected chi connectivity index (χ3v) is 4.06. The summed E-state index contributed by atoms with van der Waals surface area (Å²) < 4.78 is 5.77. The van der Waals surface area contributed by atoms with Crippen LogP contribution < -0.4 is 15.4 Å². The number of nitrogens with one attached hydrogen (secondary N) is 2. The molecule has 0 fully saturated rings. The normalized spacial score (nSPS) is 10.4. The number of ether oxygens (including phenoxy) is 1. The van der Waals surface area contributed by atoms with Crippen LogP contribution in [0, 0.1) is 6.92 Å². The lowest BCUT2D eigenvalue weighted by Crippen LogP contribution is -2.15. The third kappa shape index (κ3) is 6.34. The summed E-state index contributed by atoms with van der Waals surface area (Å²) in [5.74, 6) is -1.60. The molecule has 0 aliphatic rings. The minimum absolute atomic E-state index is 0.215. The van der Waals surface area contributed by atoms with Gasteiger partial charge in [0.25, 0.3) is 0 Å². The van der Waals surface area contributed by atoms with Crippen molar-refractivity contribution in [1.29, 1.82) is 0 Å². The predicted molar refractivity (Wildman–Crippen MR) is 107 cm³/mol. The van der Waals surface area contributed by atoms with Crippen molar-refractivity contribution in [3.63, 3.8) is 0 Å². The van der Waals surface area contributed by atoms with Crippen LogP contribution in [-0.4, -0.2) is 23.5 Å². The largest absolute Gasteiger partial charge is 0.486 e. The van der Waals surface area contributed by atoms with E-state index in [0.29, 0.717) is 11.4 Å². The first-order chi connectivity index (χ1) is 12.8. The predicted octanol–water partition coefficient (Wildman–Crippen LogP) is 4.73. The minimum atomic E-state index is -1.22. The zero-order valence-corrected chi connectivity index (χ0v) is 16.4. The molecule has 2 aromatic rings.